The molecule has 62 valence electrons. The Kier molecular flexibility index (Phi) is 1.15. The molecule has 2 fully saturated rings. The monoisotopic (exact) mass is 155 g/mol. The van der Waals surface area contributed by atoms with Crippen molar-refractivity contribution in [2.75, 3.05) is 13.7 Å². The lowest BCUT2D eigenvalue weighted by atomic mass is 10.1. The fourth-order valence-electron chi connectivity index (χ4n) is 2.00. The first-order chi connectivity index (χ1) is 5.05. The molecule has 1 saturated heterocycles. The molecular formula is C8H13NO2. The van der Waals surface area contributed by atoms with Crippen molar-refractivity contribution < 1.29 is 9.63 Å². The minimum atomic E-state index is 0.145. The third-order valence-corrected chi connectivity index (χ3v) is 3.07. The maximum Gasteiger partial charge on any atom is 0.249 e. The lowest BCUT2D eigenvalue weighted by Gasteiger charge is -2.20. The average molecular weight is 155 g/mol. The molecule has 0 aromatic heterocycles. The molecule has 1 aliphatic carbocycles. The summed E-state index contributed by atoms with van der Waals surface area (Å²) in [5.41, 5.74) is 0.182. The molecule has 2 rings (SSSR count). The quantitative estimate of drug-likeness (QED) is 0.514. The number of hydrogen-bond acceptors (Lipinski definition) is 2. The summed E-state index contributed by atoms with van der Waals surface area (Å²) in [6, 6.07) is 0. The molecule has 0 spiro atoms. The highest BCUT2D eigenvalue weighted by molar-refractivity contribution is 5.82. The van der Waals surface area contributed by atoms with Crippen LogP contribution in [0.2, 0.25) is 0 Å². The van der Waals surface area contributed by atoms with Crippen LogP contribution in [0.5, 0.6) is 0 Å². The first kappa shape index (κ1) is 7.10. The van der Waals surface area contributed by atoms with Crippen LogP contribution in [0.1, 0.15) is 13.8 Å². The molecule has 1 aliphatic heterocycles. The van der Waals surface area contributed by atoms with Crippen molar-refractivity contribution in [3.8, 4) is 0 Å². The second-order valence-electron chi connectivity index (χ2n) is 4.04. The topological polar surface area (TPSA) is 29.5 Å². The van der Waals surface area contributed by atoms with Crippen LogP contribution in [0.15, 0.2) is 0 Å². The Morgan fingerprint density at radius 1 is 1.64 bits per heavy atom. The lowest BCUT2D eigenvalue weighted by Crippen LogP contribution is -2.34. The number of hydrogen-bond donors (Lipinski definition) is 0. The van der Waals surface area contributed by atoms with Crippen LogP contribution in [0, 0.1) is 17.3 Å². The van der Waals surface area contributed by atoms with Crippen LogP contribution < -0.4 is 0 Å². The second-order valence-corrected chi connectivity index (χ2v) is 4.04. The van der Waals surface area contributed by atoms with Crippen molar-refractivity contribution in [1.82, 2.24) is 5.06 Å². The summed E-state index contributed by atoms with van der Waals surface area (Å²) >= 11 is 0. The van der Waals surface area contributed by atoms with Gasteiger partial charge in [-0.3, -0.25) is 9.63 Å². The zero-order chi connectivity index (χ0) is 8.22. The van der Waals surface area contributed by atoms with E-state index in [1.807, 2.05) is 0 Å². The van der Waals surface area contributed by atoms with Gasteiger partial charge in [0.15, 0.2) is 0 Å². The highest BCUT2D eigenvalue weighted by Gasteiger charge is 2.64. The lowest BCUT2D eigenvalue weighted by molar-refractivity contribution is -0.191. The number of fused-ring (bicyclic) bond motifs is 1. The van der Waals surface area contributed by atoms with E-state index >= 15 is 0 Å². The summed E-state index contributed by atoms with van der Waals surface area (Å²) in [4.78, 5) is 16.5. The highest BCUT2D eigenvalue weighted by atomic mass is 16.7. The molecule has 2 aliphatic rings. The van der Waals surface area contributed by atoms with Crippen LogP contribution in [0.25, 0.3) is 0 Å². The fraction of sp³-hybridized carbons (Fsp3) is 0.875. The molecule has 2 atom stereocenters. The van der Waals surface area contributed by atoms with Crippen molar-refractivity contribution in [3.05, 3.63) is 0 Å². The Labute approximate surface area is 66.3 Å². The van der Waals surface area contributed by atoms with Crippen molar-refractivity contribution in [2.45, 2.75) is 13.8 Å². The minimum Gasteiger partial charge on any atom is -0.272 e. The predicted molar refractivity (Wildman–Crippen MR) is 39.5 cm³/mol. The number of nitrogens with zero attached hydrogens (tertiary/aromatic N) is 1. The van der Waals surface area contributed by atoms with Gasteiger partial charge in [-0.1, -0.05) is 13.8 Å². The van der Waals surface area contributed by atoms with Gasteiger partial charge in [0.1, 0.15) is 0 Å². The molecule has 1 heterocycles. The highest BCUT2D eigenvalue weighted by Crippen LogP contribution is 2.60. The summed E-state index contributed by atoms with van der Waals surface area (Å²) < 4.78 is 0. The van der Waals surface area contributed by atoms with Gasteiger partial charge in [-0.15, -0.1) is 0 Å². The van der Waals surface area contributed by atoms with Gasteiger partial charge in [0.05, 0.1) is 12.5 Å². The van der Waals surface area contributed by atoms with Crippen molar-refractivity contribution >= 4 is 5.91 Å². The van der Waals surface area contributed by atoms with E-state index in [0.717, 1.165) is 0 Å². The Morgan fingerprint density at radius 3 is 2.82 bits per heavy atom. The zero-order valence-corrected chi connectivity index (χ0v) is 7.13. The fourth-order valence-corrected chi connectivity index (χ4v) is 2.00. The molecule has 11 heavy (non-hydrogen) atoms. The molecule has 3 nitrogen and oxygen atoms in total. The zero-order valence-electron chi connectivity index (χ0n) is 7.13. The van der Waals surface area contributed by atoms with Crippen molar-refractivity contribution in [3.63, 3.8) is 0 Å². The average Bonchev–Trinajstić information content (AvgIpc) is 2.46. The number of amides is 1. The molecule has 0 N–H and O–H groups in total. The number of carbonyl (C=O) groups is 1. The van der Waals surface area contributed by atoms with E-state index in [4.69, 9.17) is 4.84 Å². The van der Waals surface area contributed by atoms with Crippen LogP contribution in [-0.4, -0.2) is 24.6 Å². The van der Waals surface area contributed by atoms with Gasteiger partial charge in [0, 0.05) is 13.0 Å². The second kappa shape index (κ2) is 1.78. The predicted octanol–water partition coefficient (Wildman–Crippen LogP) is 0.662. The first-order valence-corrected chi connectivity index (χ1v) is 3.95. The van der Waals surface area contributed by atoms with Gasteiger partial charge in [-0.2, -0.15) is 0 Å². The van der Waals surface area contributed by atoms with Crippen LogP contribution in [0.3, 0.4) is 0 Å². The van der Waals surface area contributed by atoms with Gasteiger partial charge in [0.25, 0.3) is 0 Å². The summed E-state index contributed by atoms with van der Waals surface area (Å²) in [5.74, 6) is 0.832. The van der Waals surface area contributed by atoms with Gasteiger partial charge >= 0.3 is 0 Å². The molecule has 0 aromatic rings. The number of hydroxylamine groups is 2. The molecule has 1 saturated carbocycles. The van der Waals surface area contributed by atoms with Gasteiger partial charge < -0.3 is 0 Å². The van der Waals surface area contributed by atoms with Gasteiger partial charge in [-0.05, 0) is 5.41 Å². The van der Waals surface area contributed by atoms with Crippen LogP contribution in [-0.2, 0) is 9.63 Å². The molecule has 2 unspecified atom stereocenters. The Morgan fingerprint density at radius 2 is 2.27 bits per heavy atom. The third-order valence-electron chi connectivity index (χ3n) is 3.07. The number of carbonyl (C=O) groups excluding carboxylic acids is 1. The third kappa shape index (κ3) is 0.745. The minimum absolute atomic E-state index is 0.145. The SMILES string of the molecule is CN1OCC2C(C1=O)C2(C)C. The Balaban J connectivity index is 2.19. The van der Waals surface area contributed by atoms with E-state index < -0.39 is 0 Å². The standard InChI is InChI=1S/C8H13NO2/c1-8(2)5-4-11-9(3)7(10)6(5)8/h5-6H,4H2,1-3H3. The molecular weight excluding hydrogens is 142 g/mol. The maximum absolute atomic E-state index is 11.4. The molecule has 0 aromatic carbocycles. The van der Waals surface area contributed by atoms with Crippen LogP contribution >= 0.6 is 0 Å². The normalized spacial score (nSPS) is 40.3. The Bertz CT molecular complexity index is 212. The van der Waals surface area contributed by atoms with Crippen molar-refractivity contribution in [2.24, 2.45) is 17.3 Å². The summed E-state index contributed by atoms with van der Waals surface area (Å²) in [7, 11) is 1.69. The summed E-state index contributed by atoms with van der Waals surface area (Å²) in [6.07, 6.45) is 0. The maximum atomic E-state index is 11.4. The Hall–Kier alpha value is -0.570. The van der Waals surface area contributed by atoms with Gasteiger partial charge in [0.2, 0.25) is 5.91 Å². The smallest absolute Gasteiger partial charge is 0.249 e. The van der Waals surface area contributed by atoms with E-state index in [-0.39, 0.29) is 17.2 Å². The first-order valence-electron chi connectivity index (χ1n) is 3.95. The van der Waals surface area contributed by atoms with Crippen LogP contribution in [0.4, 0.5) is 0 Å². The van der Waals surface area contributed by atoms with E-state index in [2.05, 4.69) is 13.8 Å². The van der Waals surface area contributed by atoms with Crippen molar-refractivity contribution in [1.29, 1.82) is 0 Å². The van der Waals surface area contributed by atoms with E-state index in [1.165, 1.54) is 5.06 Å². The summed E-state index contributed by atoms with van der Waals surface area (Å²) in [5, 5.41) is 1.37. The van der Waals surface area contributed by atoms with E-state index in [9.17, 15) is 4.79 Å². The molecule has 3 heteroatoms. The molecule has 0 radical (unpaired) electrons. The molecule has 1 amide bonds. The largest absolute Gasteiger partial charge is 0.272 e. The molecule has 0 bridgehead atoms. The van der Waals surface area contributed by atoms with Gasteiger partial charge in [-0.25, -0.2) is 5.06 Å². The van der Waals surface area contributed by atoms with E-state index in [0.29, 0.717) is 12.5 Å². The van der Waals surface area contributed by atoms with E-state index in [1.54, 1.807) is 7.05 Å². The summed E-state index contributed by atoms with van der Waals surface area (Å²) in [6.45, 7) is 4.96. The number of rotatable bonds is 0.